The van der Waals surface area contributed by atoms with E-state index in [0.717, 1.165) is 105 Å². The Bertz CT molecular complexity index is 2420. The molecular weight excluding hydrogens is 796 g/mol. The second-order valence-electron chi connectivity index (χ2n) is 16.8. The average Bonchev–Trinajstić information content (AvgIpc) is 3.73. The number of nitro groups is 1. The summed E-state index contributed by atoms with van der Waals surface area (Å²) in [5.41, 5.74) is 8.15. The molecule has 1 aliphatic carbocycles. The van der Waals surface area contributed by atoms with Gasteiger partial charge in [0.15, 0.2) is 0 Å². The molecule has 1 fully saturated rings. The van der Waals surface area contributed by atoms with Gasteiger partial charge < -0.3 is 19.8 Å². The molecule has 8 rings (SSSR count). The maximum Gasteiger partial charge on any atom is 0.293 e. The second kappa shape index (κ2) is 18.6. The maximum absolute atomic E-state index is 13.9. The molecule has 2 aromatic heterocycles. The summed E-state index contributed by atoms with van der Waals surface area (Å²) in [4.78, 5) is 36.2. The van der Waals surface area contributed by atoms with Crippen LogP contribution in [-0.4, -0.2) is 65.1 Å². The summed E-state index contributed by atoms with van der Waals surface area (Å²) in [5.74, 6) is 1.06. The number of nitro benzene ring substituents is 1. The fraction of sp³-hybridized carbons (Fsp3) is 0.362. The zero-order valence-corrected chi connectivity index (χ0v) is 35.7. The quantitative estimate of drug-likeness (QED) is 0.0567. The first-order valence-corrected chi connectivity index (χ1v) is 22.0. The lowest BCUT2D eigenvalue weighted by Gasteiger charge is -2.36. The summed E-state index contributed by atoms with van der Waals surface area (Å²) in [7, 11) is 0. The second-order valence-corrected chi connectivity index (χ2v) is 18.1. The highest BCUT2D eigenvalue weighted by molar-refractivity contribution is 7.98. The van der Waals surface area contributed by atoms with Crippen LogP contribution < -0.4 is 14.8 Å². The van der Waals surface area contributed by atoms with Gasteiger partial charge in [0, 0.05) is 67.0 Å². The van der Waals surface area contributed by atoms with Gasteiger partial charge in [-0.3, -0.25) is 24.5 Å². The van der Waals surface area contributed by atoms with Crippen molar-refractivity contribution >= 4 is 63.0 Å². The number of carbonyl (C=O) groups excluding carboxylic acids is 1. The minimum absolute atomic E-state index is 0.0389. The van der Waals surface area contributed by atoms with Crippen LogP contribution in [0.25, 0.3) is 22.2 Å². The molecular formula is C47H51ClN6O5S. The highest BCUT2D eigenvalue weighted by Crippen LogP contribution is 2.44. The fourth-order valence-electron chi connectivity index (χ4n) is 8.43. The molecule has 3 N–H and O–H groups in total. The van der Waals surface area contributed by atoms with E-state index in [1.54, 1.807) is 24.4 Å². The van der Waals surface area contributed by atoms with E-state index >= 15 is 0 Å². The topological polar surface area (TPSA) is 135 Å². The number of anilines is 1. The molecule has 11 nitrogen and oxygen atoms in total. The summed E-state index contributed by atoms with van der Waals surface area (Å²) >= 11 is 7.28. The van der Waals surface area contributed by atoms with E-state index in [9.17, 15) is 14.9 Å². The van der Waals surface area contributed by atoms with Crippen molar-refractivity contribution in [1.82, 2.24) is 19.6 Å². The first-order chi connectivity index (χ1) is 29.1. The predicted octanol–water partition coefficient (Wildman–Crippen LogP) is 11.3. The molecule has 0 spiro atoms. The number of hydrogen-bond acceptors (Lipinski definition) is 9. The summed E-state index contributed by atoms with van der Waals surface area (Å²) in [6.45, 7) is 9.54. The van der Waals surface area contributed by atoms with E-state index < -0.39 is 4.92 Å². The van der Waals surface area contributed by atoms with Crippen molar-refractivity contribution in [2.45, 2.75) is 63.7 Å². The number of amides is 1. The van der Waals surface area contributed by atoms with Crippen LogP contribution >= 0.6 is 23.5 Å². The number of hydrogen-bond donors (Lipinski definition) is 3. The summed E-state index contributed by atoms with van der Waals surface area (Å²) in [5, 5.41) is 17.0. The van der Waals surface area contributed by atoms with Crippen LogP contribution in [0, 0.1) is 21.4 Å². The van der Waals surface area contributed by atoms with Crippen LogP contribution in [0.4, 0.5) is 11.4 Å². The average molecular weight is 847 g/mol. The number of H-pyrrole nitrogens is 1. The van der Waals surface area contributed by atoms with Gasteiger partial charge >= 0.3 is 0 Å². The van der Waals surface area contributed by atoms with E-state index in [1.165, 1.54) is 34.8 Å². The zero-order valence-electron chi connectivity index (χ0n) is 34.1. The molecule has 312 valence electrons. The maximum atomic E-state index is 13.9. The molecule has 5 aromatic rings. The Morgan fingerprint density at radius 3 is 2.67 bits per heavy atom. The lowest BCUT2D eigenvalue weighted by atomic mass is 9.72. The standard InChI is InChI=1S/C47H51ClN6O5S/c1-47(2)18-11-36(41(28-47)33-3-6-37(48)7-4-33)30-53-21-14-32(15-22-53)34-5-9-40(44(26-34)59-38-25-35-13-20-50-45(35)51-29-38)46(55)52-60-39-8-10-42(43(27-39)54(56)57)49-19-12-31-16-23-58-24-17-31/h3-10,13-14,20,25-27,29,31,49H,11-12,15-19,21-24,28,30H2,1-2H3,(H,50,51)(H,52,55). The molecule has 0 bridgehead atoms. The van der Waals surface area contributed by atoms with Gasteiger partial charge in [0.1, 0.15) is 22.8 Å². The van der Waals surface area contributed by atoms with Crippen molar-refractivity contribution in [3.8, 4) is 11.5 Å². The number of halogens is 1. The monoisotopic (exact) mass is 846 g/mol. The Morgan fingerprint density at radius 1 is 1.07 bits per heavy atom. The number of rotatable bonds is 14. The Labute approximate surface area is 360 Å². The highest BCUT2D eigenvalue weighted by Gasteiger charge is 2.29. The van der Waals surface area contributed by atoms with Gasteiger partial charge in [-0.15, -0.1) is 0 Å². The highest BCUT2D eigenvalue weighted by atomic mass is 35.5. The van der Waals surface area contributed by atoms with Crippen molar-refractivity contribution in [3.05, 3.63) is 129 Å². The Morgan fingerprint density at radius 2 is 1.88 bits per heavy atom. The normalized spacial score (nSPS) is 17.4. The van der Waals surface area contributed by atoms with E-state index in [4.69, 9.17) is 21.1 Å². The molecule has 1 saturated heterocycles. The van der Waals surface area contributed by atoms with E-state index in [1.807, 2.05) is 42.6 Å². The Balaban J connectivity index is 0.978. The smallest absolute Gasteiger partial charge is 0.293 e. The van der Waals surface area contributed by atoms with Crippen molar-refractivity contribution in [1.29, 1.82) is 0 Å². The molecule has 4 heterocycles. The molecule has 3 aliphatic rings. The number of ether oxygens (including phenoxy) is 2. The summed E-state index contributed by atoms with van der Waals surface area (Å²) in [6, 6.07) is 22.7. The number of allylic oxidation sites excluding steroid dienone is 1. The van der Waals surface area contributed by atoms with Crippen LogP contribution in [-0.2, 0) is 4.74 Å². The number of aromatic amines is 1. The molecule has 0 saturated carbocycles. The third-order valence-electron chi connectivity index (χ3n) is 11.9. The number of fused-ring (bicyclic) bond motifs is 1. The van der Waals surface area contributed by atoms with Gasteiger partial charge in [0.25, 0.3) is 11.6 Å². The van der Waals surface area contributed by atoms with Crippen LogP contribution in [0.1, 0.15) is 80.3 Å². The van der Waals surface area contributed by atoms with Crippen LogP contribution in [0.2, 0.25) is 5.02 Å². The molecule has 0 atom stereocenters. The van der Waals surface area contributed by atoms with Crippen molar-refractivity contribution in [2.75, 3.05) is 44.7 Å². The molecule has 1 amide bonds. The molecule has 0 radical (unpaired) electrons. The van der Waals surface area contributed by atoms with Crippen LogP contribution in [0.5, 0.6) is 11.5 Å². The first kappa shape index (κ1) is 41.6. The molecule has 3 aromatic carbocycles. The number of nitrogens with one attached hydrogen (secondary N) is 3. The minimum atomic E-state index is -0.394. The van der Waals surface area contributed by atoms with Gasteiger partial charge in [-0.25, -0.2) is 4.98 Å². The largest absolute Gasteiger partial charge is 0.455 e. The number of nitrogens with zero attached hydrogens (tertiary/aromatic N) is 3. The summed E-state index contributed by atoms with van der Waals surface area (Å²) in [6.07, 6.45) is 12.8. The SMILES string of the molecule is CC1(C)CCC(CN2CC=C(c3ccc(C(=O)NSc4ccc(NCCC5CCOCC5)c([N+](=O)[O-])c4)c(Oc4cnc5[nH]ccc5c4)c3)CC2)=C(c2ccc(Cl)cc2)C1. The lowest BCUT2D eigenvalue weighted by Crippen LogP contribution is -2.32. The van der Waals surface area contributed by atoms with Gasteiger partial charge in [0.2, 0.25) is 0 Å². The summed E-state index contributed by atoms with van der Waals surface area (Å²) < 4.78 is 14.8. The van der Waals surface area contributed by atoms with Gasteiger partial charge in [-0.2, -0.15) is 0 Å². The lowest BCUT2D eigenvalue weighted by molar-refractivity contribution is -0.384. The molecule has 0 unspecified atom stereocenters. The number of aromatic nitrogens is 2. The molecule has 13 heteroatoms. The molecule has 60 heavy (non-hydrogen) atoms. The number of carbonyl (C=O) groups is 1. The van der Waals surface area contributed by atoms with Crippen molar-refractivity contribution in [3.63, 3.8) is 0 Å². The van der Waals surface area contributed by atoms with Crippen molar-refractivity contribution < 1.29 is 19.2 Å². The Kier molecular flexibility index (Phi) is 12.9. The molecule has 2 aliphatic heterocycles. The number of benzene rings is 3. The fourth-order valence-corrected chi connectivity index (χ4v) is 9.18. The van der Waals surface area contributed by atoms with E-state index in [-0.39, 0.29) is 17.0 Å². The van der Waals surface area contributed by atoms with Crippen molar-refractivity contribution in [2.24, 2.45) is 11.3 Å². The van der Waals surface area contributed by atoms with Gasteiger partial charge in [-0.05, 0) is 139 Å². The predicted molar refractivity (Wildman–Crippen MR) is 241 cm³/mol. The minimum Gasteiger partial charge on any atom is -0.455 e. The Hall–Kier alpha value is -5.14. The van der Waals surface area contributed by atoms with Crippen LogP contribution in [0.15, 0.2) is 102 Å². The van der Waals surface area contributed by atoms with Gasteiger partial charge in [0.05, 0.1) is 16.7 Å². The third kappa shape index (κ3) is 10.2. The zero-order chi connectivity index (χ0) is 41.6. The van der Waals surface area contributed by atoms with Crippen LogP contribution in [0.3, 0.4) is 0 Å². The van der Waals surface area contributed by atoms with E-state index in [2.05, 4.69) is 57.0 Å². The first-order valence-electron chi connectivity index (χ1n) is 20.8. The van der Waals surface area contributed by atoms with Gasteiger partial charge in [-0.1, -0.05) is 55.3 Å². The van der Waals surface area contributed by atoms with E-state index in [0.29, 0.717) is 40.1 Å². The third-order valence-corrected chi connectivity index (χ3v) is 13.0. The number of pyridine rings is 1.